The van der Waals surface area contributed by atoms with E-state index in [-0.39, 0.29) is 16.5 Å². The number of ether oxygens (including phenoxy) is 2. The van der Waals surface area contributed by atoms with Crippen molar-refractivity contribution in [1.82, 2.24) is 0 Å². The second kappa shape index (κ2) is 9.25. The predicted molar refractivity (Wildman–Crippen MR) is 132 cm³/mol. The second-order valence-electron chi connectivity index (χ2n) is 9.56. The lowest BCUT2D eigenvalue weighted by Gasteiger charge is -2.33. The van der Waals surface area contributed by atoms with Gasteiger partial charge in [-0.15, -0.1) is 11.3 Å². The number of rotatable bonds is 5. The number of anilines is 1. The van der Waals surface area contributed by atoms with Crippen LogP contribution in [0.1, 0.15) is 65.3 Å². The van der Waals surface area contributed by atoms with Crippen molar-refractivity contribution in [3.63, 3.8) is 0 Å². The Kier molecular flexibility index (Phi) is 6.53. The third-order valence-corrected chi connectivity index (χ3v) is 7.58. The molecule has 2 aromatic heterocycles. The maximum absolute atomic E-state index is 13.2. The summed E-state index contributed by atoms with van der Waals surface area (Å²) >= 11 is 1.42. The number of thiophene rings is 1. The summed E-state index contributed by atoms with van der Waals surface area (Å²) in [6.45, 7) is 9.02. The first kappa shape index (κ1) is 24.0. The normalized spacial score (nSPS) is 15.6. The number of hydrogen-bond donors (Lipinski definition) is 2. The molecule has 0 spiro atoms. The number of amides is 1. The summed E-state index contributed by atoms with van der Waals surface area (Å²) in [6, 6.07) is 6.98. The quantitative estimate of drug-likeness (QED) is 0.464. The minimum atomic E-state index is -0.506. The van der Waals surface area contributed by atoms with Gasteiger partial charge in [-0.05, 0) is 55.2 Å². The zero-order chi connectivity index (χ0) is 24.6. The Morgan fingerprint density at radius 1 is 1.29 bits per heavy atom. The van der Waals surface area contributed by atoms with E-state index < -0.39 is 11.9 Å². The van der Waals surface area contributed by atoms with Crippen LogP contribution in [0.3, 0.4) is 0 Å². The summed E-state index contributed by atoms with van der Waals surface area (Å²) in [4.78, 5) is 27.0. The summed E-state index contributed by atoms with van der Waals surface area (Å²) in [7, 11) is 1.35. The van der Waals surface area contributed by atoms with E-state index in [1.54, 1.807) is 18.2 Å². The van der Waals surface area contributed by atoms with E-state index in [9.17, 15) is 9.59 Å². The van der Waals surface area contributed by atoms with Crippen molar-refractivity contribution in [3.05, 3.63) is 51.4 Å². The van der Waals surface area contributed by atoms with Crippen molar-refractivity contribution in [2.75, 3.05) is 19.0 Å². The van der Waals surface area contributed by atoms with Crippen LogP contribution in [0.4, 0.5) is 5.00 Å². The molecule has 180 valence electrons. The van der Waals surface area contributed by atoms with Crippen molar-refractivity contribution in [3.8, 4) is 5.75 Å². The number of nitrogens with one attached hydrogen (secondary N) is 2. The van der Waals surface area contributed by atoms with Gasteiger partial charge in [0, 0.05) is 10.3 Å². The van der Waals surface area contributed by atoms with E-state index in [2.05, 4.69) is 26.1 Å². The highest BCUT2D eigenvalue weighted by Crippen LogP contribution is 2.44. The Labute approximate surface area is 202 Å². The Balaban J connectivity index is 1.70. The van der Waals surface area contributed by atoms with Gasteiger partial charge in [0.05, 0.1) is 19.3 Å². The highest BCUT2D eigenvalue weighted by molar-refractivity contribution is 7.17. The number of hydrogen-bond acceptors (Lipinski definition) is 7. The van der Waals surface area contributed by atoms with Crippen molar-refractivity contribution >= 4 is 39.2 Å². The van der Waals surface area contributed by atoms with Crippen molar-refractivity contribution in [2.24, 2.45) is 11.3 Å². The molecule has 1 aliphatic rings. The summed E-state index contributed by atoms with van der Waals surface area (Å²) < 4.78 is 16.3. The molecule has 0 bridgehead atoms. The van der Waals surface area contributed by atoms with Gasteiger partial charge in [-0.3, -0.25) is 10.2 Å². The molecule has 8 heteroatoms. The molecule has 2 N–H and O–H groups in total. The zero-order valence-electron chi connectivity index (χ0n) is 20.2. The molecule has 3 aromatic rings. The number of esters is 1. The Bertz CT molecular complexity index is 1320. The fourth-order valence-electron chi connectivity index (χ4n) is 4.47. The molecule has 0 saturated carbocycles. The molecule has 1 atom stereocenters. The van der Waals surface area contributed by atoms with Crippen LogP contribution >= 0.6 is 11.3 Å². The van der Waals surface area contributed by atoms with Crippen LogP contribution < -0.4 is 15.6 Å². The molecular weight excluding hydrogens is 452 g/mol. The number of carbonyl (C=O) groups is 2. The van der Waals surface area contributed by atoms with Gasteiger partial charge in [-0.25, -0.2) is 4.79 Å². The zero-order valence-corrected chi connectivity index (χ0v) is 21.0. The van der Waals surface area contributed by atoms with Gasteiger partial charge in [0.1, 0.15) is 10.6 Å². The first-order chi connectivity index (χ1) is 16.1. The average molecular weight is 483 g/mol. The molecule has 4 rings (SSSR count). The van der Waals surface area contributed by atoms with Crippen LogP contribution in [0, 0.1) is 16.7 Å². The summed E-state index contributed by atoms with van der Waals surface area (Å²) in [5.74, 6) is 0.0466. The molecule has 0 radical (unpaired) electrons. The van der Waals surface area contributed by atoms with Crippen LogP contribution in [-0.4, -0.2) is 25.6 Å². The summed E-state index contributed by atoms with van der Waals surface area (Å²) in [6.07, 6.45) is 2.61. The molecule has 34 heavy (non-hydrogen) atoms. The molecule has 0 aliphatic heterocycles. The average Bonchev–Trinajstić information content (AvgIpc) is 3.15. The molecule has 1 unspecified atom stereocenters. The fraction of sp³-hybridized carbons (Fsp3) is 0.423. The number of methoxy groups -OCH3 is 1. The minimum Gasteiger partial charge on any atom is -0.490 e. The van der Waals surface area contributed by atoms with Crippen molar-refractivity contribution in [2.45, 2.75) is 47.0 Å². The standard InChI is InChI=1S/C26H30N2O5S/c1-6-32-18-9-7-8-14-12-17(22(27)33-21(14)18)23(29)28-24-20(25(30)31-5)16-11-10-15(26(2,3)4)13-19(16)34-24/h7-9,12,15,27H,6,10-11,13H2,1-5H3,(H,28,29). The molecular formula is C26H30N2O5S. The van der Waals surface area contributed by atoms with Gasteiger partial charge >= 0.3 is 5.97 Å². The third-order valence-electron chi connectivity index (χ3n) is 6.41. The number of carbonyl (C=O) groups excluding carboxylic acids is 2. The number of benzene rings is 1. The van der Waals surface area contributed by atoms with Gasteiger partial charge < -0.3 is 19.2 Å². The Morgan fingerprint density at radius 2 is 2.06 bits per heavy atom. The monoisotopic (exact) mass is 482 g/mol. The van der Waals surface area contributed by atoms with Crippen molar-refractivity contribution in [1.29, 1.82) is 5.41 Å². The van der Waals surface area contributed by atoms with Gasteiger partial charge in [-0.2, -0.15) is 0 Å². The van der Waals surface area contributed by atoms with E-state index in [0.29, 0.717) is 39.8 Å². The topological polar surface area (TPSA) is 102 Å². The largest absolute Gasteiger partial charge is 0.490 e. The van der Waals surface area contributed by atoms with E-state index >= 15 is 0 Å². The minimum absolute atomic E-state index is 0.0795. The second-order valence-corrected chi connectivity index (χ2v) is 10.7. The summed E-state index contributed by atoms with van der Waals surface area (Å²) in [5, 5.41) is 12.3. The van der Waals surface area contributed by atoms with Crippen molar-refractivity contribution < 1.29 is 23.5 Å². The van der Waals surface area contributed by atoms with E-state index in [0.717, 1.165) is 29.7 Å². The van der Waals surface area contributed by atoms with Gasteiger partial charge in [0.25, 0.3) is 5.91 Å². The van der Waals surface area contributed by atoms with E-state index in [4.69, 9.17) is 19.3 Å². The lowest BCUT2D eigenvalue weighted by molar-refractivity contribution is 0.0600. The lowest BCUT2D eigenvalue weighted by atomic mass is 9.72. The highest BCUT2D eigenvalue weighted by Gasteiger charge is 2.34. The highest BCUT2D eigenvalue weighted by atomic mass is 32.1. The molecule has 1 aliphatic carbocycles. The molecule has 7 nitrogen and oxygen atoms in total. The number of para-hydroxylation sites is 1. The van der Waals surface area contributed by atoms with Gasteiger partial charge in [-0.1, -0.05) is 32.9 Å². The lowest BCUT2D eigenvalue weighted by Crippen LogP contribution is -2.26. The maximum Gasteiger partial charge on any atom is 0.341 e. The molecule has 1 amide bonds. The maximum atomic E-state index is 13.2. The first-order valence-electron chi connectivity index (χ1n) is 11.4. The molecule has 1 aromatic carbocycles. The third kappa shape index (κ3) is 4.46. The van der Waals surface area contributed by atoms with E-state index in [1.807, 2.05) is 13.0 Å². The van der Waals surface area contributed by atoms with Gasteiger partial charge in [0.15, 0.2) is 11.3 Å². The van der Waals surface area contributed by atoms with Gasteiger partial charge in [0.2, 0.25) is 5.55 Å². The smallest absolute Gasteiger partial charge is 0.341 e. The molecule has 2 heterocycles. The van der Waals surface area contributed by atoms with Crippen LogP contribution in [-0.2, 0) is 17.6 Å². The fourth-order valence-corrected chi connectivity index (χ4v) is 5.78. The Morgan fingerprint density at radius 3 is 2.74 bits per heavy atom. The molecule has 0 fully saturated rings. The van der Waals surface area contributed by atoms with Crippen LogP contribution in [0.2, 0.25) is 0 Å². The van der Waals surface area contributed by atoms with E-state index in [1.165, 1.54) is 18.4 Å². The van der Waals surface area contributed by atoms with Crippen LogP contribution in [0.15, 0.2) is 28.7 Å². The van der Waals surface area contributed by atoms with Crippen LogP contribution in [0.25, 0.3) is 11.0 Å². The van der Waals surface area contributed by atoms with Crippen LogP contribution in [0.5, 0.6) is 5.75 Å². The first-order valence-corrected chi connectivity index (χ1v) is 12.2. The Hall–Kier alpha value is -3.13. The SMILES string of the molecule is CCOc1cccc2cc(C(=O)Nc3sc4c(c3C(=O)OC)CCC(C(C)(C)C)C4)c(=N)oc12. The summed E-state index contributed by atoms with van der Waals surface area (Å²) in [5.41, 5.74) is 1.76. The molecule has 0 saturated heterocycles. The predicted octanol–water partition coefficient (Wildman–Crippen LogP) is 5.56. The number of fused-ring (bicyclic) bond motifs is 2.